The molecule has 0 saturated heterocycles. The number of aldehydes is 1. The van der Waals surface area contributed by atoms with E-state index in [0.29, 0.717) is 12.0 Å². The van der Waals surface area contributed by atoms with Crippen molar-refractivity contribution in [2.75, 3.05) is 14.2 Å². The van der Waals surface area contributed by atoms with Gasteiger partial charge in [0.2, 0.25) is 0 Å². The molecule has 0 aliphatic carbocycles. The fourth-order valence-electron chi connectivity index (χ4n) is 0.348. The summed E-state index contributed by atoms with van der Waals surface area (Å²) in [5.41, 5.74) is 0.248. The molecule has 0 bridgehead atoms. The van der Waals surface area contributed by atoms with Crippen LogP contribution in [-0.4, -0.2) is 26.2 Å². The monoisotopic (exact) mass is 127 g/mol. The van der Waals surface area contributed by atoms with E-state index in [1.807, 2.05) is 0 Å². The minimum Gasteiger partial charge on any atom is -0.495 e. The molecule has 0 atom stereocenters. The van der Waals surface area contributed by atoms with Gasteiger partial charge >= 0.3 is 0 Å². The van der Waals surface area contributed by atoms with E-state index in [0.717, 1.165) is 0 Å². The lowest BCUT2D eigenvalue weighted by Crippen LogP contribution is -2.04. The zero-order valence-corrected chi connectivity index (χ0v) is 5.55. The summed E-state index contributed by atoms with van der Waals surface area (Å²) in [6, 6.07) is 0. The third-order valence-corrected chi connectivity index (χ3v) is 0.885. The summed E-state index contributed by atoms with van der Waals surface area (Å²) < 4.78 is 4.64. The van der Waals surface area contributed by atoms with Gasteiger partial charge in [-0.15, -0.1) is 0 Å². The highest BCUT2D eigenvalue weighted by atomic mass is 16.5. The van der Waals surface area contributed by atoms with Crippen molar-refractivity contribution in [3.63, 3.8) is 0 Å². The van der Waals surface area contributed by atoms with Crippen molar-refractivity contribution < 1.29 is 9.53 Å². The van der Waals surface area contributed by atoms with Crippen molar-refractivity contribution >= 4 is 12.0 Å². The van der Waals surface area contributed by atoms with Crippen LogP contribution in [0.4, 0.5) is 0 Å². The largest absolute Gasteiger partial charge is 0.495 e. The van der Waals surface area contributed by atoms with E-state index in [1.54, 1.807) is 0 Å². The minimum absolute atomic E-state index is 0.248. The number of carbonyl (C=O) groups is 1. The average Bonchev–Trinajstić information content (AvgIpc) is 1.90. The summed E-state index contributed by atoms with van der Waals surface area (Å²) >= 11 is 0. The standard InChI is InChI=1S/C6H9NO2/c1-5(9-3)6(4-8)7-2/h4H,1H2,2-3H3. The quantitative estimate of drug-likeness (QED) is 0.313. The number of allylic oxidation sites excluding steroid dienone is 1. The number of methoxy groups -OCH3 is 1. The van der Waals surface area contributed by atoms with Crippen LogP contribution in [0, 0.1) is 0 Å². The SMILES string of the molecule is C=C(OC)C(C=O)=NC. The van der Waals surface area contributed by atoms with Crippen LogP contribution < -0.4 is 0 Å². The zero-order valence-electron chi connectivity index (χ0n) is 5.55. The highest BCUT2D eigenvalue weighted by Gasteiger charge is 1.98. The van der Waals surface area contributed by atoms with Gasteiger partial charge in [0.1, 0.15) is 11.5 Å². The molecule has 9 heavy (non-hydrogen) atoms. The average molecular weight is 127 g/mol. The summed E-state index contributed by atoms with van der Waals surface area (Å²) in [5.74, 6) is 0.299. The second kappa shape index (κ2) is 3.83. The molecule has 0 aromatic rings. The highest BCUT2D eigenvalue weighted by Crippen LogP contribution is 1.91. The van der Waals surface area contributed by atoms with Gasteiger partial charge in [0.15, 0.2) is 6.29 Å². The normalized spacial score (nSPS) is 10.7. The van der Waals surface area contributed by atoms with Crippen molar-refractivity contribution in [3.8, 4) is 0 Å². The van der Waals surface area contributed by atoms with E-state index in [4.69, 9.17) is 0 Å². The molecule has 3 nitrogen and oxygen atoms in total. The Bertz CT molecular complexity index is 149. The van der Waals surface area contributed by atoms with Crippen molar-refractivity contribution in [1.82, 2.24) is 0 Å². The smallest absolute Gasteiger partial charge is 0.171 e. The summed E-state index contributed by atoms with van der Waals surface area (Å²) in [5, 5.41) is 0. The Kier molecular flexibility index (Phi) is 3.35. The predicted molar refractivity (Wildman–Crippen MR) is 35.6 cm³/mol. The molecule has 0 aromatic heterocycles. The number of nitrogens with zero attached hydrogens (tertiary/aromatic N) is 1. The first-order valence-corrected chi connectivity index (χ1v) is 2.41. The number of hydrogen-bond acceptors (Lipinski definition) is 3. The first kappa shape index (κ1) is 7.88. The van der Waals surface area contributed by atoms with Crippen LogP contribution in [0.5, 0.6) is 0 Å². The predicted octanol–water partition coefficient (Wildman–Crippen LogP) is 0.416. The Balaban J connectivity index is 4.14. The first-order valence-electron chi connectivity index (χ1n) is 2.41. The molecule has 3 heteroatoms. The van der Waals surface area contributed by atoms with E-state index >= 15 is 0 Å². The molecule has 0 aliphatic heterocycles. The van der Waals surface area contributed by atoms with Crippen molar-refractivity contribution in [1.29, 1.82) is 0 Å². The maximum absolute atomic E-state index is 10.1. The van der Waals surface area contributed by atoms with Crippen molar-refractivity contribution in [2.45, 2.75) is 0 Å². The van der Waals surface area contributed by atoms with Crippen LogP contribution >= 0.6 is 0 Å². The number of carbonyl (C=O) groups excluding carboxylic acids is 1. The second-order valence-corrected chi connectivity index (χ2v) is 1.35. The highest BCUT2D eigenvalue weighted by molar-refractivity contribution is 6.35. The molecule has 0 spiro atoms. The van der Waals surface area contributed by atoms with Crippen molar-refractivity contribution in [2.24, 2.45) is 4.99 Å². The molecule has 0 N–H and O–H groups in total. The third-order valence-electron chi connectivity index (χ3n) is 0.885. The number of hydrogen-bond donors (Lipinski definition) is 0. The molecule has 0 aromatic carbocycles. The van der Waals surface area contributed by atoms with E-state index in [-0.39, 0.29) is 5.71 Å². The van der Waals surface area contributed by atoms with Gasteiger partial charge < -0.3 is 4.74 Å². The summed E-state index contributed by atoms with van der Waals surface area (Å²) in [6.45, 7) is 3.43. The third kappa shape index (κ3) is 2.08. The van der Waals surface area contributed by atoms with E-state index in [9.17, 15) is 4.79 Å². The van der Waals surface area contributed by atoms with Gasteiger partial charge in [0, 0.05) is 7.05 Å². The zero-order chi connectivity index (χ0) is 7.28. The van der Waals surface area contributed by atoms with Gasteiger partial charge in [-0.05, 0) is 0 Å². The van der Waals surface area contributed by atoms with Crippen LogP contribution in [0.25, 0.3) is 0 Å². The van der Waals surface area contributed by atoms with Crippen LogP contribution in [-0.2, 0) is 9.53 Å². The summed E-state index contributed by atoms with van der Waals surface area (Å²) in [6.07, 6.45) is 0.603. The Hall–Kier alpha value is -1.12. The van der Waals surface area contributed by atoms with Gasteiger partial charge in [-0.25, -0.2) is 0 Å². The second-order valence-electron chi connectivity index (χ2n) is 1.35. The fraction of sp³-hybridized carbons (Fsp3) is 0.333. The lowest BCUT2D eigenvalue weighted by molar-refractivity contribution is -0.102. The minimum atomic E-state index is 0.248. The van der Waals surface area contributed by atoms with Gasteiger partial charge in [0.25, 0.3) is 0 Å². The van der Waals surface area contributed by atoms with Gasteiger partial charge in [0.05, 0.1) is 7.11 Å². The first-order chi connectivity index (χ1) is 4.26. The molecule has 0 heterocycles. The van der Waals surface area contributed by atoms with Gasteiger partial charge in [-0.3, -0.25) is 9.79 Å². The number of rotatable bonds is 3. The Morgan fingerprint density at radius 3 is 2.44 bits per heavy atom. The van der Waals surface area contributed by atoms with Crippen LogP contribution in [0.15, 0.2) is 17.3 Å². The molecule has 0 saturated carbocycles. The van der Waals surface area contributed by atoms with Gasteiger partial charge in [-0.1, -0.05) is 6.58 Å². The fourth-order valence-corrected chi connectivity index (χ4v) is 0.348. The Labute approximate surface area is 54.0 Å². The summed E-state index contributed by atoms with van der Waals surface area (Å²) in [4.78, 5) is 13.7. The maximum atomic E-state index is 10.1. The van der Waals surface area contributed by atoms with Crippen molar-refractivity contribution in [3.05, 3.63) is 12.3 Å². The number of ether oxygens (including phenoxy) is 1. The van der Waals surface area contributed by atoms with E-state index in [1.165, 1.54) is 14.2 Å². The molecular formula is C6H9NO2. The molecule has 50 valence electrons. The Morgan fingerprint density at radius 2 is 2.33 bits per heavy atom. The van der Waals surface area contributed by atoms with E-state index in [2.05, 4.69) is 16.3 Å². The lowest BCUT2D eigenvalue weighted by atomic mass is 10.4. The lowest BCUT2D eigenvalue weighted by Gasteiger charge is -1.98. The molecular weight excluding hydrogens is 118 g/mol. The summed E-state index contributed by atoms with van der Waals surface area (Å²) in [7, 11) is 2.95. The molecule has 0 fully saturated rings. The van der Waals surface area contributed by atoms with Crippen LogP contribution in [0.2, 0.25) is 0 Å². The molecule has 0 amide bonds. The number of aliphatic imine (C=N–C) groups is 1. The molecule has 0 rings (SSSR count). The van der Waals surface area contributed by atoms with Gasteiger partial charge in [-0.2, -0.15) is 0 Å². The molecule has 0 radical (unpaired) electrons. The Morgan fingerprint density at radius 1 is 1.78 bits per heavy atom. The topological polar surface area (TPSA) is 38.7 Å². The van der Waals surface area contributed by atoms with E-state index < -0.39 is 0 Å². The van der Waals surface area contributed by atoms with Crippen LogP contribution in [0.1, 0.15) is 0 Å². The van der Waals surface area contributed by atoms with Crippen LogP contribution in [0.3, 0.4) is 0 Å². The molecule has 0 unspecified atom stereocenters. The molecule has 0 aliphatic rings. The maximum Gasteiger partial charge on any atom is 0.171 e.